The van der Waals surface area contributed by atoms with Crippen LogP contribution in [0.3, 0.4) is 0 Å². The number of nitrogens with one attached hydrogen (secondary N) is 4. The first-order valence-corrected chi connectivity index (χ1v) is 20.0. The van der Waals surface area contributed by atoms with Crippen molar-refractivity contribution in [2.45, 2.75) is 45.2 Å². The van der Waals surface area contributed by atoms with Crippen molar-refractivity contribution in [1.82, 2.24) is 48.8 Å². The second-order valence-corrected chi connectivity index (χ2v) is 14.7. The molecule has 2 saturated heterocycles. The number of nitriles is 2. The van der Waals surface area contributed by atoms with Gasteiger partial charge in [0.15, 0.2) is 22.3 Å². The molecule has 6 heterocycles. The molecule has 18 nitrogen and oxygen atoms in total. The first kappa shape index (κ1) is 40.4. The highest BCUT2D eigenvalue weighted by atomic mass is 16.2. The normalized spacial score (nSPS) is 15.2. The predicted octanol–water partition coefficient (Wildman–Crippen LogP) is 1.63. The van der Waals surface area contributed by atoms with Gasteiger partial charge >= 0.3 is 11.4 Å². The van der Waals surface area contributed by atoms with E-state index in [0.717, 1.165) is 89.2 Å². The number of benzene rings is 2. The number of nitrogens with zero attached hydrogens (tertiary/aromatic N) is 10. The first-order valence-electron chi connectivity index (χ1n) is 20.0. The van der Waals surface area contributed by atoms with Gasteiger partial charge in [-0.15, -0.1) is 0 Å². The van der Waals surface area contributed by atoms with E-state index >= 15 is 0 Å². The van der Waals surface area contributed by atoms with Crippen molar-refractivity contribution >= 4 is 34.2 Å². The van der Waals surface area contributed by atoms with Crippen LogP contribution in [0.5, 0.6) is 0 Å². The monoisotopic (exact) mass is 800 g/mol. The minimum Gasteiger partial charge on any atom is -0.341 e. The molecule has 18 heteroatoms. The van der Waals surface area contributed by atoms with Gasteiger partial charge in [-0.05, 0) is 55.6 Å². The number of aromatic nitrogens is 8. The predicted molar refractivity (Wildman–Crippen MR) is 225 cm³/mol. The van der Waals surface area contributed by atoms with Gasteiger partial charge in [0.05, 0.1) is 35.9 Å². The lowest BCUT2D eigenvalue weighted by atomic mass is 9.97. The maximum Gasteiger partial charge on any atom is 0.329 e. The van der Waals surface area contributed by atoms with Crippen LogP contribution in [-0.4, -0.2) is 90.6 Å². The van der Waals surface area contributed by atoms with E-state index in [1.165, 1.54) is 9.13 Å². The van der Waals surface area contributed by atoms with Gasteiger partial charge in [0.2, 0.25) is 11.9 Å². The molecular weight excluding hydrogens is 753 g/mol. The summed E-state index contributed by atoms with van der Waals surface area (Å²) in [6.07, 6.45) is 3.49. The molecule has 0 saturated carbocycles. The average Bonchev–Trinajstić information content (AvgIpc) is 3.53. The Hall–Kier alpha value is -6.76. The Morgan fingerprint density at radius 3 is 1.86 bits per heavy atom. The van der Waals surface area contributed by atoms with E-state index in [1.807, 2.05) is 45.5 Å². The Bertz CT molecular complexity index is 2800. The average molecular weight is 801 g/mol. The van der Waals surface area contributed by atoms with E-state index in [4.69, 9.17) is 4.98 Å². The molecule has 1 unspecified atom stereocenters. The number of hydrogen-bond donors (Lipinski definition) is 4. The molecule has 8 rings (SSSR count). The molecule has 2 fully saturated rings. The summed E-state index contributed by atoms with van der Waals surface area (Å²) in [5, 5.41) is 25.9. The van der Waals surface area contributed by atoms with Crippen LogP contribution in [0.15, 0.2) is 67.7 Å². The Kier molecular flexibility index (Phi) is 12.2. The minimum atomic E-state index is -0.497. The van der Waals surface area contributed by atoms with Crippen molar-refractivity contribution in [1.29, 1.82) is 10.5 Å². The Labute approximate surface area is 339 Å². The molecule has 306 valence electrons. The third-order valence-electron chi connectivity index (χ3n) is 10.9. The van der Waals surface area contributed by atoms with Crippen LogP contribution in [0.2, 0.25) is 0 Å². The molecule has 0 radical (unpaired) electrons. The van der Waals surface area contributed by atoms with E-state index < -0.39 is 22.5 Å². The second-order valence-electron chi connectivity index (χ2n) is 14.7. The van der Waals surface area contributed by atoms with Gasteiger partial charge in [-0.1, -0.05) is 49.7 Å². The molecular formula is C41H48N14O4. The third kappa shape index (κ3) is 8.05. The van der Waals surface area contributed by atoms with E-state index in [2.05, 4.69) is 54.4 Å². The van der Waals surface area contributed by atoms with Crippen molar-refractivity contribution < 1.29 is 0 Å². The summed E-state index contributed by atoms with van der Waals surface area (Å²) in [5.41, 5.74) is 2.26. The van der Waals surface area contributed by atoms with Crippen LogP contribution in [0.25, 0.3) is 22.3 Å². The number of fused-ring (bicyclic) bond motifs is 2. The van der Waals surface area contributed by atoms with E-state index in [0.29, 0.717) is 51.9 Å². The molecule has 0 bridgehead atoms. The maximum absolute atomic E-state index is 13.0. The molecule has 2 aliphatic rings. The fraction of sp³-hybridized carbons (Fsp3) is 0.415. The summed E-state index contributed by atoms with van der Waals surface area (Å²) in [7, 11) is 3.21. The fourth-order valence-corrected chi connectivity index (χ4v) is 7.94. The highest BCUT2D eigenvalue weighted by Crippen LogP contribution is 2.34. The van der Waals surface area contributed by atoms with E-state index in [1.54, 1.807) is 26.2 Å². The summed E-state index contributed by atoms with van der Waals surface area (Å²) in [6.45, 7) is 8.95. The maximum atomic E-state index is 13.0. The number of H-pyrrole nitrogens is 2. The van der Waals surface area contributed by atoms with Crippen LogP contribution in [-0.2, 0) is 20.6 Å². The zero-order valence-electron chi connectivity index (χ0n) is 33.5. The second kappa shape index (κ2) is 17.8. The molecule has 0 aliphatic carbocycles. The van der Waals surface area contributed by atoms with Crippen molar-refractivity contribution in [3.8, 4) is 12.1 Å². The summed E-state index contributed by atoms with van der Waals surface area (Å²) in [4.78, 5) is 68.5. The molecule has 0 amide bonds. The smallest absolute Gasteiger partial charge is 0.329 e. The van der Waals surface area contributed by atoms with E-state index in [9.17, 15) is 29.7 Å². The van der Waals surface area contributed by atoms with Crippen LogP contribution in [0.4, 0.5) is 11.9 Å². The molecule has 6 aromatic rings. The van der Waals surface area contributed by atoms with Crippen LogP contribution in [0, 0.1) is 22.7 Å². The molecule has 4 aromatic heterocycles. The quantitative estimate of drug-likeness (QED) is 0.173. The Balaban J connectivity index is 0.000000180. The number of rotatable bonds is 8. The van der Waals surface area contributed by atoms with Gasteiger partial charge in [-0.2, -0.15) is 20.5 Å². The highest BCUT2D eigenvalue weighted by Gasteiger charge is 2.29. The molecule has 59 heavy (non-hydrogen) atoms. The standard InChI is InChI=1S/C22H27N7O2.C19H21N7O2/c1-3-7-17(16-9-5-4-8-15(16)14-23)29-18-19(27(2)22(31)26-20(18)30)25-21(29)28-12-6-10-24-11-13-28;1-24-16-15(17(27)23-19(24)28)26(12-14-6-3-2-5-13(14)11-20)18(22-16)25-9-4-7-21-8-10-25/h4-5,8-9,17,24H,3,6-7,10-13H2,1-2H3,(H,26,30,31);2-3,5-6,21H,4,7-10,12H2,1H3,(H,23,27,28). The molecule has 1 atom stereocenters. The van der Waals surface area contributed by atoms with Crippen molar-refractivity contribution in [2.75, 3.05) is 62.2 Å². The zero-order valence-corrected chi connectivity index (χ0v) is 33.5. The van der Waals surface area contributed by atoms with Gasteiger partial charge < -0.3 is 20.4 Å². The van der Waals surface area contributed by atoms with Crippen LogP contribution >= 0.6 is 0 Å². The van der Waals surface area contributed by atoms with Crippen LogP contribution < -0.4 is 42.9 Å². The van der Waals surface area contributed by atoms with Crippen molar-refractivity contribution in [3.05, 3.63) is 112 Å². The number of anilines is 2. The minimum absolute atomic E-state index is 0.254. The summed E-state index contributed by atoms with van der Waals surface area (Å²) in [5.74, 6) is 1.30. The summed E-state index contributed by atoms with van der Waals surface area (Å²) >= 11 is 0. The van der Waals surface area contributed by atoms with Gasteiger partial charge in [-0.25, -0.2) is 9.59 Å². The van der Waals surface area contributed by atoms with Crippen molar-refractivity contribution in [2.24, 2.45) is 14.1 Å². The van der Waals surface area contributed by atoms with E-state index in [-0.39, 0.29) is 6.04 Å². The van der Waals surface area contributed by atoms with Gasteiger partial charge in [0, 0.05) is 53.4 Å². The fourth-order valence-electron chi connectivity index (χ4n) is 7.94. The summed E-state index contributed by atoms with van der Waals surface area (Å²) in [6, 6.07) is 19.0. The number of aromatic amines is 2. The lowest BCUT2D eigenvalue weighted by Crippen LogP contribution is -2.32. The first-order chi connectivity index (χ1) is 28.7. The van der Waals surface area contributed by atoms with Gasteiger partial charge in [-0.3, -0.25) is 37.8 Å². The van der Waals surface area contributed by atoms with Gasteiger partial charge in [0.25, 0.3) is 11.1 Å². The molecule has 0 spiro atoms. The lowest BCUT2D eigenvalue weighted by Gasteiger charge is -2.27. The number of imidazole rings is 2. The Morgan fingerprint density at radius 2 is 1.24 bits per heavy atom. The summed E-state index contributed by atoms with van der Waals surface area (Å²) < 4.78 is 6.49. The third-order valence-corrected chi connectivity index (χ3v) is 10.9. The lowest BCUT2D eigenvalue weighted by molar-refractivity contribution is 0.536. The largest absolute Gasteiger partial charge is 0.341 e. The number of aryl methyl sites for hydroxylation is 2. The van der Waals surface area contributed by atoms with Gasteiger partial charge in [0.1, 0.15) is 0 Å². The molecule has 2 aliphatic heterocycles. The molecule has 2 aromatic carbocycles. The number of hydrogen-bond acceptors (Lipinski definition) is 12. The zero-order chi connectivity index (χ0) is 41.6. The topological polar surface area (TPSA) is 223 Å². The van der Waals surface area contributed by atoms with Crippen LogP contribution in [0.1, 0.15) is 60.9 Å². The van der Waals surface area contributed by atoms with Crippen molar-refractivity contribution in [3.63, 3.8) is 0 Å². The molecule has 4 N–H and O–H groups in total. The SMILES string of the molecule is CCCC(c1ccccc1C#N)n1c(N2CCCNCC2)nc2c1c(=O)[nH]c(=O)n2C.Cn1c(=O)[nH]c(=O)c2c1nc(N1CCCNCC1)n2Cc1ccccc1C#N. The Morgan fingerprint density at radius 1 is 0.695 bits per heavy atom. The highest BCUT2D eigenvalue weighted by molar-refractivity contribution is 5.76.